The Morgan fingerprint density at radius 2 is 1.67 bits per heavy atom. The summed E-state index contributed by atoms with van der Waals surface area (Å²) in [5.74, 6) is -0.0480. The number of rotatable bonds is 6. The second-order valence-corrected chi connectivity index (χ2v) is 5.50. The first kappa shape index (κ1) is 14.7. The van der Waals surface area contributed by atoms with Gasteiger partial charge in [-0.2, -0.15) is 12.7 Å². The maximum atomic E-state index is 11.9. The molecule has 0 aliphatic carbocycles. The predicted octanol–water partition coefficient (Wildman–Crippen LogP) is 1.89. The molecule has 0 radical (unpaired) electrons. The first-order valence-corrected chi connectivity index (χ1v) is 7.23. The highest BCUT2D eigenvalue weighted by Gasteiger charge is 2.18. The van der Waals surface area contributed by atoms with Gasteiger partial charge in [0.15, 0.2) is 5.78 Å². The van der Waals surface area contributed by atoms with E-state index in [1.54, 1.807) is 38.1 Å². The van der Waals surface area contributed by atoms with Crippen LogP contribution in [0.3, 0.4) is 0 Å². The Morgan fingerprint density at radius 3 is 2.06 bits per heavy atom. The van der Waals surface area contributed by atoms with E-state index in [1.807, 2.05) is 0 Å². The van der Waals surface area contributed by atoms with E-state index in [9.17, 15) is 13.2 Å². The van der Waals surface area contributed by atoms with Crippen LogP contribution in [0.2, 0.25) is 0 Å². The van der Waals surface area contributed by atoms with Crippen molar-refractivity contribution < 1.29 is 13.2 Å². The fraction of sp³-hybridized carbons (Fsp3) is 0.417. The number of benzene rings is 1. The summed E-state index contributed by atoms with van der Waals surface area (Å²) in [5, 5.41) is 0. The number of hydrogen-bond acceptors (Lipinski definition) is 3. The van der Waals surface area contributed by atoms with Crippen molar-refractivity contribution >= 4 is 21.7 Å². The van der Waals surface area contributed by atoms with E-state index in [4.69, 9.17) is 0 Å². The van der Waals surface area contributed by atoms with Crippen molar-refractivity contribution in [2.45, 2.75) is 20.8 Å². The van der Waals surface area contributed by atoms with Gasteiger partial charge in [0.25, 0.3) is 0 Å². The molecule has 0 saturated heterocycles. The van der Waals surface area contributed by atoms with Crippen LogP contribution in [0.4, 0.5) is 5.69 Å². The van der Waals surface area contributed by atoms with E-state index >= 15 is 0 Å². The van der Waals surface area contributed by atoms with Gasteiger partial charge in [0.2, 0.25) is 0 Å². The maximum absolute atomic E-state index is 11.9. The van der Waals surface area contributed by atoms with Crippen LogP contribution >= 0.6 is 0 Å². The van der Waals surface area contributed by atoms with Crippen LogP contribution in [0.15, 0.2) is 24.3 Å². The topological polar surface area (TPSA) is 66.5 Å². The molecule has 0 atom stereocenters. The van der Waals surface area contributed by atoms with Crippen molar-refractivity contribution in [2.24, 2.45) is 0 Å². The van der Waals surface area contributed by atoms with E-state index in [0.29, 0.717) is 24.3 Å². The lowest BCUT2D eigenvalue weighted by molar-refractivity contribution is 0.101. The Hall–Kier alpha value is -1.40. The quantitative estimate of drug-likeness (QED) is 0.803. The van der Waals surface area contributed by atoms with Gasteiger partial charge in [0, 0.05) is 24.3 Å². The summed E-state index contributed by atoms with van der Waals surface area (Å²) >= 11 is 0. The largest absolute Gasteiger partial charge is 0.301 e. The van der Waals surface area contributed by atoms with Crippen LogP contribution in [-0.4, -0.2) is 31.6 Å². The summed E-state index contributed by atoms with van der Waals surface area (Å²) in [4.78, 5) is 11.1. The van der Waals surface area contributed by atoms with Gasteiger partial charge in [-0.15, -0.1) is 0 Å². The summed E-state index contributed by atoms with van der Waals surface area (Å²) in [6.45, 7) is 5.85. The van der Waals surface area contributed by atoms with Crippen LogP contribution < -0.4 is 4.72 Å². The molecule has 0 fully saturated rings. The highest BCUT2D eigenvalue weighted by molar-refractivity contribution is 7.90. The minimum absolute atomic E-state index is 0.0480. The van der Waals surface area contributed by atoms with Crippen LogP contribution in [0.1, 0.15) is 31.1 Å². The summed E-state index contributed by atoms with van der Waals surface area (Å²) in [6.07, 6.45) is 0. The van der Waals surface area contributed by atoms with Gasteiger partial charge in [0.1, 0.15) is 0 Å². The summed E-state index contributed by atoms with van der Waals surface area (Å²) in [6, 6.07) is 6.36. The highest BCUT2D eigenvalue weighted by Crippen LogP contribution is 2.13. The Bertz CT molecular complexity index is 505. The molecule has 1 aromatic carbocycles. The number of hydrogen-bond donors (Lipinski definition) is 1. The average molecular weight is 270 g/mol. The molecule has 0 amide bonds. The molecule has 0 aliphatic heterocycles. The molecule has 0 heterocycles. The van der Waals surface area contributed by atoms with Crippen molar-refractivity contribution in [1.82, 2.24) is 4.31 Å². The zero-order valence-electron chi connectivity index (χ0n) is 10.8. The smallest absolute Gasteiger partial charge is 0.295 e. The molecule has 1 aromatic rings. The Morgan fingerprint density at radius 1 is 1.17 bits per heavy atom. The molecule has 0 aromatic heterocycles. The third-order valence-electron chi connectivity index (χ3n) is 2.58. The van der Waals surface area contributed by atoms with E-state index in [1.165, 1.54) is 11.2 Å². The summed E-state index contributed by atoms with van der Waals surface area (Å²) in [7, 11) is -3.51. The summed E-state index contributed by atoms with van der Waals surface area (Å²) < 4.78 is 27.7. The number of carbonyl (C=O) groups is 1. The maximum Gasteiger partial charge on any atom is 0.301 e. The average Bonchev–Trinajstić information content (AvgIpc) is 2.30. The van der Waals surface area contributed by atoms with Crippen molar-refractivity contribution in [1.29, 1.82) is 0 Å². The van der Waals surface area contributed by atoms with E-state index in [-0.39, 0.29) is 5.78 Å². The number of Topliss-reactive ketones (excluding diaryl/α,β-unsaturated/α-hetero) is 1. The minimum atomic E-state index is -3.51. The van der Waals surface area contributed by atoms with Gasteiger partial charge in [-0.1, -0.05) is 13.8 Å². The Labute approximate surface area is 108 Å². The molecule has 0 bridgehead atoms. The standard InChI is InChI=1S/C12H18N2O3S/c1-4-14(5-2)18(16,17)13-12-8-6-11(7-9-12)10(3)15/h6-9,13H,4-5H2,1-3H3. The van der Waals surface area contributed by atoms with Crippen LogP contribution in [0.25, 0.3) is 0 Å². The first-order valence-electron chi connectivity index (χ1n) is 5.79. The second kappa shape index (κ2) is 5.97. The van der Waals surface area contributed by atoms with Gasteiger partial charge in [-0.3, -0.25) is 9.52 Å². The lowest BCUT2D eigenvalue weighted by Gasteiger charge is -2.19. The van der Waals surface area contributed by atoms with Gasteiger partial charge >= 0.3 is 10.2 Å². The zero-order chi connectivity index (χ0) is 13.8. The molecule has 0 unspecified atom stereocenters. The van der Waals surface area contributed by atoms with E-state index < -0.39 is 10.2 Å². The van der Waals surface area contributed by atoms with Crippen molar-refractivity contribution in [3.05, 3.63) is 29.8 Å². The van der Waals surface area contributed by atoms with Crippen LogP contribution in [0.5, 0.6) is 0 Å². The Kier molecular flexibility index (Phi) is 4.86. The molecule has 6 heteroatoms. The van der Waals surface area contributed by atoms with Crippen molar-refractivity contribution in [3.8, 4) is 0 Å². The fourth-order valence-electron chi connectivity index (χ4n) is 1.55. The molecule has 0 aliphatic rings. The van der Waals surface area contributed by atoms with Gasteiger partial charge in [-0.05, 0) is 31.2 Å². The molecular weight excluding hydrogens is 252 g/mol. The lowest BCUT2D eigenvalue weighted by Crippen LogP contribution is -2.35. The normalized spacial score (nSPS) is 11.6. The van der Waals surface area contributed by atoms with Gasteiger partial charge < -0.3 is 0 Å². The van der Waals surface area contributed by atoms with Crippen LogP contribution in [0, 0.1) is 0 Å². The highest BCUT2D eigenvalue weighted by atomic mass is 32.2. The first-order chi connectivity index (χ1) is 8.40. The number of nitrogens with one attached hydrogen (secondary N) is 1. The number of anilines is 1. The molecular formula is C12H18N2O3S. The third-order valence-corrected chi connectivity index (χ3v) is 4.27. The molecule has 1 rings (SSSR count). The molecule has 0 spiro atoms. The van der Waals surface area contributed by atoms with Crippen LogP contribution in [-0.2, 0) is 10.2 Å². The van der Waals surface area contributed by atoms with E-state index in [2.05, 4.69) is 4.72 Å². The third kappa shape index (κ3) is 3.54. The zero-order valence-corrected chi connectivity index (χ0v) is 11.6. The summed E-state index contributed by atoms with van der Waals surface area (Å²) in [5.41, 5.74) is 1.01. The molecule has 100 valence electrons. The fourth-order valence-corrected chi connectivity index (χ4v) is 2.79. The van der Waals surface area contributed by atoms with E-state index in [0.717, 1.165) is 0 Å². The molecule has 18 heavy (non-hydrogen) atoms. The predicted molar refractivity (Wildman–Crippen MR) is 71.9 cm³/mol. The molecule has 0 saturated carbocycles. The lowest BCUT2D eigenvalue weighted by atomic mass is 10.1. The second-order valence-electron chi connectivity index (χ2n) is 3.82. The number of nitrogens with zero attached hydrogens (tertiary/aromatic N) is 1. The number of carbonyl (C=O) groups excluding carboxylic acids is 1. The monoisotopic (exact) mass is 270 g/mol. The molecule has 1 N–H and O–H groups in total. The molecule has 5 nitrogen and oxygen atoms in total. The van der Waals surface area contributed by atoms with Crippen molar-refractivity contribution in [3.63, 3.8) is 0 Å². The van der Waals surface area contributed by atoms with Gasteiger partial charge in [0.05, 0.1) is 0 Å². The SMILES string of the molecule is CCN(CC)S(=O)(=O)Nc1ccc(C(C)=O)cc1. The van der Waals surface area contributed by atoms with Gasteiger partial charge in [-0.25, -0.2) is 0 Å². The Balaban J connectivity index is 2.88. The minimum Gasteiger partial charge on any atom is -0.295 e. The van der Waals surface area contributed by atoms with Crippen molar-refractivity contribution in [2.75, 3.05) is 17.8 Å². The number of ketones is 1.